The zero-order valence-electron chi connectivity index (χ0n) is 12.6. The minimum Gasteiger partial charge on any atom is -0.465 e. The van der Waals surface area contributed by atoms with Gasteiger partial charge in [0.05, 0.1) is 30.4 Å². The maximum absolute atomic E-state index is 12.8. The summed E-state index contributed by atoms with van der Waals surface area (Å²) in [4.78, 5) is 11.4. The molecular weight excluding hydrogens is 330 g/mol. The fourth-order valence-electron chi connectivity index (χ4n) is 2.29. The van der Waals surface area contributed by atoms with Gasteiger partial charge in [0.1, 0.15) is 4.90 Å². The van der Waals surface area contributed by atoms with E-state index in [1.54, 1.807) is 6.92 Å². The Morgan fingerprint density at radius 3 is 2.68 bits per heavy atom. The van der Waals surface area contributed by atoms with Crippen molar-refractivity contribution in [1.82, 2.24) is 4.31 Å². The van der Waals surface area contributed by atoms with Gasteiger partial charge in [-0.15, -0.1) is 0 Å². The summed E-state index contributed by atoms with van der Waals surface area (Å²) in [6.07, 6.45) is -0.181. The van der Waals surface area contributed by atoms with Crippen molar-refractivity contribution in [2.24, 2.45) is 0 Å². The monoisotopic (exact) mass is 347 g/mol. The standard InChI is InChI=1S/C14H18ClNO5S/c1-9-8-21-10(2)7-16(9)22(18,19)13-5-4-11(6-12(13)15)14(17)20-3/h4-6,9-10H,7-8H2,1-3H3/t9-,10-/m0/s1. The molecule has 2 rings (SSSR count). The summed E-state index contributed by atoms with van der Waals surface area (Å²) >= 11 is 6.07. The first-order chi connectivity index (χ1) is 10.3. The highest BCUT2D eigenvalue weighted by atomic mass is 35.5. The van der Waals surface area contributed by atoms with E-state index in [1.165, 1.54) is 29.6 Å². The number of carbonyl (C=O) groups excluding carboxylic acids is 1. The maximum Gasteiger partial charge on any atom is 0.337 e. The molecule has 1 aromatic carbocycles. The number of morpholine rings is 1. The van der Waals surface area contributed by atoms with Crippen LogP contribution in [-0.2, 0) is 19.5 Å². The van der Waals surface area contributed by atoms with Crippen LogP contribution < -0.4 is 0 Å². The van der Waals surface area contributed by atoms with Gasteiger partial charge in [-0.05, 0) is 32.0 Å². The molecule has 1 fully saturated rings. The summed E-state index contributed by atoms with van der Waals surface area (Å²) in [6.45, 7) is 4.19. The molecule has 0 radical (unpaired) electrons. The Kier molecular flexibility index (Phi) is 5.11. The molecular formula is C14H18ClNO5S. The van der Waals surface area contributed by atoms with E-state index in [4.69, 9.17) is 16.3 Å². The molecule has 0 unspecified atom stereocenters. The number of ether oxygens (including phenoxy) is 2. The molecule has 1 heterocycles. The van der Waals surface area contributed by atoms with Crippen LogP contribution in [0.1, 0.15) is 24.2 Å². The molecule has 0 aliphatic carbocycles. The number of hydrogen-bond acceptors (Lipinski definition) is 5. The van der Waals surface area contributed by atoms with Crippen LogP contribution in [0.5, 0.6) is 0 Å². The van der Waals surface area contributed by atoms with Crippen LogP contribution in [0.4, 0.5) is 0 Å². The number of carbonyl (C=O) groups is 1. The highest BCUT2D eigenvalue weighted by Crippen LogP contribution is 2.29. The van der Waals surface area contributed by atoms with E-state index < -0.39 is 16.0 Å². The first kappa shape index (κ1) is 17.2. The molecule has 1 aliphatic rings. The van der Waals surface area contributed by atoms with Crippen molar-refractivity contribution < 1.29 is 22.7 Å². The SMILES string of the molecule is COC(=O)c1ccc(S(=O)(=O)N2C[C@H](C)OC[C@@H]2C)c(Cl)c1. The Morgan fingerprint density at radius 1 is 1.41 bits per heavy atom. The van der Waals surface area contributed by atoms with Gasteiger partial charge in [-0.2, -0.15) is 4.31 Å². The quantitative estimate of drug-likeness (QED) is 0.781. The molecule has 122 valence electrons. The largest absolute Gasteiger partial charge is 0.465 e. The van der Waals surface area contributed by atoms with Crippen molar-refractivity contribution in [3.63, 3.8) is 0 Å². The molecule has 0 saturated carbocycles. The van der Waals surface area contributed by atoms with E-state index in [2.05, 4.69) is 4.74 Å². The van der Waals surface area contributed by atoms with E-state index in [0.29, 0.717) is 6.61 Å². The molecule has 0 N–H and O–H groups in total. The zero-order valence-corrected chi connectivity index (χ0v) is 14.1. The number of sulfonamides is 1. The van der Waals surface area contributed by atoms with Gasteiger partial charge in [0, 0.05) is 12.6 Å². The van der Waals surface area contributed by atoms with Gasteiger partial charge in [0.25, 0.3) is 0 Å². The zero-order chi connectivity index (χ0) is 16.5. The lowest BCUT2D eigenvalue weighted by Gasteiger charge is -2.35. The van der Waals surface area contributed by atoms with Crippen LogP contribution in [0.2, 0.25) is 5.02 Å². The summed E-state index contributed by atoms with van der Waals surface area (Å²) in [5.74, 6) is -0.570. The van der Waals surface area contributed by atoms with Crippen LogP contribution in [0, 0.1) is 0 Å². The van der Waals surface area contributed by atoms with Gasteiger partial charge in [0.2, 0.25) is 10.0 Å². The molecule has 0 bridgehead atoms. The number of halogens is 1. The van der Waals surface area contributed by atoms with Crippen molar-refractivity contribution in [2.45, 2.75) is 30.9 Å². The Bertz CT molecular complexity index is 676. The van der Waals surface area contributed by atoms with E-state index in [1.807, 2.05) is 6.92 Å². The topological polar surface area (TPSA) is 72.9 Å². The minimum atomic E-state index is -3.75. The predicted octanol–water partition coefficient (Wildman–Crippen LogP) is 1.92. The summed E-state index contributed by atoms with van der Waals surface area (Å²) in [5.41, 5.74) is 0.204. The highest BCUT2D eigenvalue weighted by molar-refractivity contribution is 7.89. The molecule has 0 spiro atoms. The van der Waals surface area contributed by atoms with Gasteiger partial charge in [-0.1, -0.05) is 11.6 Å². The van der Waals surface area contributed by atoms with Gasteiger partial charge in [-0.25, -0.2) is 13.2 Å². The molecule has 8 heteroatoms. The van der Waals surface area contributed by atoms with Crippen molar-refractivity contribution in [3.05, 3.63) is 28.8 Å². The first-order valence-electron chi connectivity index (χ1n) is 6.78. The average Bonchev–Trinajstić information content (AvgIpc) is 2.48. The third kappa shape index (κ3) is 3.27. The number of benzene rings is 1. The molecule has 2 atom stereocenters. The molecule has 1 saturated heterocycles. The minimum absolute atomic E-state index is 0.00533. The van der Waals surface area contributed by atoms with Crippen LogP contribution >= 0.6 is 11.6 Å². The van der Waals surface area contributed by atoms with Crippen molar-refractivity contribution in [1.29, 1.82) is 0 Å². The number of methoxy groups -OCH3 is 1. The van der Waals surface area contributed by atoms with E-state index in [0.717, 1.165) is 0 Å². The second-order valence-electron chi connectivity index (χ2n) is 5.20. The lowest BCUT2D eigenvalue weighted by Crippen LogP contribution is -2.50. The Morgan fingerprint density at radius 2 is 2.09 bits per heavy atom. The van der Waals surface area contributed by atoms with E-state index in [9.17, 15) is 13.2 Å². The van der Waals surface area contributed by atoms with E-state index in [-0.39, 0.29) is 34.2 Å². The summed E-state index contributed by atoms with van der Waals surface area (Å²) in [5, 5.41) is -0.00533. The lowest BCUT2D eigenvalue weighted by atomic mass is 10.2. The van der Waals surface area contributed by atoms with Gasteiger partial charge < -0.3 is 9.47 Å². The van der Waals surface area contributed by atoms with Gasteiger partial charge >= 0.3 is 5.97 Å². The van der Waals surface area contributed by atoms with Crippen LogP contribution in [0.3, 0.4) is 0 Å². The van der Waals surface area contributed by atoms with Crippen LogP contribution in [0.15, 0.2) is 23.1 Å². The molecule has 1 aliphatic heterocycles. The Labute approximate surface area is 135 Å². The van der Waals surface area contributed by atoms with Gasteiger partial charge in [0.15, 0.2) is 0 Å². The normalized spacial score (nSPS) is 23.3. The predicted molar refractivity (Wildman–Crippen MR) is 81.6 cm³/mol. The first-order valence-corrected chi connectivity index (χ1v) is 8.60. The second kappa shape index (κ2) is 6.54. The summed E-state index contributed by atoms with van der Waals surface area (Å²) in [6, 6.07) is 3.74. The summed E-state index contributed by atoms with van der Waals surface area (Å²) in [7, 11) is -2.51. The average molecular weight is 348 g/mol. The smallest absolute Gasteiger partial charge is 0.337 e. The van der Waals surface area contributed by atoms with Crippen molar-refractivity contribution in [3.8, 4) is 0 Å². The second-order valence-corrected chi connectivity index (χ2v) is 7.47. The fourth-order valence-corrected chi connectivity index (χ4v) is 4.50. The summed E-state index contributed by atoms with van der Waals surface area (Å²) < 4.78 is 37.0. The Hall–Kier alpha value is -1.15. The van der Waals surface area contributed by atoms with Crippen LogP contribution in [-0.4, -0.2) is 51.1 Å². The van der Waals surface area contributed by atoms with Crippen molar-refractivity contribution >= 4 is 27.6 Å². The molecule has 22 heavy (non-hydrogen) atoms. The lowest BCUT2D eigenvalue weighted by molar-refractivity contribution is -0.0170. The fraction of sp³-hybridized carbons (Fsp3) is 0.500. The van der Waals surface area contributed by atoms with Crippen molar-refractivity contribution in [2.75, 3.05) is 20.3 Å². The number of esters is 1. The maximum atomic E-state index is 12.8. The number of nitrogens with zero attached hydrogens (tertiary/aromatic N) is 1. The molecule has 0 aromatic heterocycles. The Balaban J connectivity index is 2.39. The number of hydrogen-bond donors (Lipinski definition) is 0. The molecule has 0 amide bonds. The third-order valence-corrected chi connectivity index (χ3v) is 5.95. The van der Waals surface area contributed by atoms with Crippen LogP contribution in [0.25, 0.3) is 0 Å². The molecule has 6 nitrogen and oxygen atoms in total. The third-order valence-electron chi connectivity index (χ3n) is 3.49. The van der Waals surface area contributed by atoms with E-state index >= 15 is 0 Å². The number of rotatable bonds is 3. The molecule has 1 aromatic rings. The highest BCUT2D eigenvalue weighted by Gasteiger charge is 2.35. The van der Waals surface area contributed by atoms with Gasteiger partial charge in [-0.3, -0.25) is 0 Å².